The topological polar surface area (TPSA) is 37.3 Å². The van der Waals surface area contributed by atoms with Gasteiger partial charge in [-0.05, 0) is 18.1 Å². The molecular weight excluding hydrogens is 292 g/mol. The van der Waals surface area contributed by atoms with Gasteiger partial charge in [0, 0.05) is 4.47 Å². The molecule has 1 aromatic carbocycles. The van der Waals surface area contributed by atoms with Gasteiger partial charge in [-0.15, -0.1) is 0 Å². The number of hydrogen-bond acceptors (Lipinski definition) is 1. The Kier molecular flexibility index (Phi) is 7.02. The van der Waals surface area contributed by atoms with Crippen molar-refractivity contribution >= 4 is 21.9 Å². The summed E-state index contributed by atoms with van der Waals surface area (Å²) < 4.78 is 0.894. The van der Waals surface area contributed by atoms with Crippen LogP contribution in [-0.2, 0) is 4.79 Å². The van der Waals surface area contributed by atoms with Crippen molar-refractivity contribution < 1.29 is 9.90 Å². The van der Waals surface area contributed by atoms with Crippen LogP contribution in [0.5, 0.6) is 0 Å². The highest BCUT2D eigenvalue weighted by Crippen LogP contribution is 2.29. The lowest BCUT2D eigenvalue weighted by molar-refractivity contribution is -0.139. The molecule has 1 unspecified atom stereocenters. The number of hydrogen-bond donors (Lipinski definition) is 1. The van der Waals surface area contributed by atoms with Gasteiger partial charge in [-0.1, -0.05) is 73.2 Å². The zero-order valence-electron chi connectivity index (χ0n) is 10.9. The Morgan fingerprint density at radius 3 is 2.50 bits per heavy atom. The molecule has 0 saturated heterocycles. The standard InChI is InChI=1S/C15H21BrO2/c1-2-3-4-5-6-10-13(15(17)18)12-9-7-8-11-14(12)16/h7-9,11,13H,2-6,10H2,1H3,(H,17,18). The molecule has 18 heavy (non-hydrogen) atoms. The summed E-state index contributed by atoms with van der Waals surface area (Å²) in [5.41, 5.74) is 0.889. The molecule has 2 nitrogen and oxygen atoms in total. The van der Waals surface area contributed by atoms with Crippen molar-refractivity contribution in [1.29, 1.82) is 0 Å². The molecule has 0 heterocycles. The van der Waals surface area contributed by atoms with Gasteiger partial charge in [0.1, 0.15) is 0 Å². The fourth-order valence-electron chi connectivity index (χ4n) is 2.12. The number of halogens is 1. The van der Waals surface area contributed by atoms with E-state index in [4.69, 9.17) is 0 Å². The molecule has 0 aliphatic rings. The second kappa shape index (κ2) is 8.30. The third-order valence-corrected chi connectivity index (χ3v) is 3.90. The predicted molar refractivity (Wildman–Crippen MR) is 77.9 cm³/mol. The van der Waals surface area contributed by atoms with Crippen LogP contribution < -0.4 is 0 Å². The minimum Gasteiger partial charge on any atom is -0.481 e. The number of carbonyl (C=O) groups is 1. The highest BCUT2D eigenvalue weighted by molar-refractivity contribution is 9.10. The Hall–Kier alpha value is -0.830. The molecule has 1 rings (SSSR count). The van der Waals surface area contributed by atoms with E-state index in [1.54, 1.807) is 0 Å². The molecule has 0 bridgehead atoms. The van der Waals surface area contributed by atoms with Crippen LogP contribution in [0, 0.1) is 0 Å². The number of rotatable bonds is 8. The van der Waals surface area contributed by atoms with Gasteiger partial charge in [-0.3, -0.25) is 4.79 Å². The van der Waals surface area contributed by atoms with Crippen LogP contribution in [0.2, 0.25) is 0 Å². The van der Waals surface area contributed by atoms with Crippen molar-refractivity contribution in [3.8, 4) is 0 Å². The highest BCUT2D eigenvalue weighted by atomic mass is 79.9. The maximum atomic E-state index is 11.4. The largest absolute Gasteiger partial charge is 0.481 e. The summed E-state index contributed by atoms with van der Waals surface area (Å²) in [5.74, 6) is -1.11. The smallest absolute Gasteiger partial charge is 0.311 e. The van der Waals surface area contributed by atoms with E-state index in [-0.39, 0.29) is 5.92 Å². The summed E-state index contributed by atoms with van der Waals surface area (Å²) in [6.07, 6.45) is 6.50. The average Bonchev–Trinajstić information content (AvgIpc) is 2.35. The molecule has 0 saturated carbocycles. The molecule has 0 amide bonds. The van der Waals surface area contributed by atoms with Gasteiger partial charge in [0.2, 0.25) is 0 Å². The summed E-state index contributed by atoms with van der Waals surface area (Å²) in [6.45, 7) is 2.18. The van der Waals surface area contributed by atoms with Crippen molar-refractivity contribution in [1.82, 2.24) is 0 Å². The number of carboxylic acids is 1. The van der Waals surface area contributed by atoms with Crippen molar-refractivity contribution in [2.45, 2.75) is 51.4 Å². The molecule has 0 aliphatic heterocycles. The first kappa shape index (κ1) is 15.2. The zero-order chi connectivity index (χ0) is 13.4. The van der Waals surface area contributed by atoms with Crippen LogP contribution in [0.3, 0.4) is 0 Å². The summed E-state index contributed by atoms with van der Waals surface area (Å²) in [4.78, 5) is 11.4. The first-order chi connectivity index (χ1) is 8.66. The van der Waals surface area contributed by atoms with Gasteiger partial charge < -0.3 is 5.11 Å². The lowest BCUT2D eigenvalue weighted by atomic mass is 9.93. The van der Waals surface area contributed by atoms with Crippen LogP contribution in [-0.4, -0.2) is 11.1 Å². The molecule has 0 fully saturated rings. The van der Waals surface area contributed by atoms with E-state index >= 15 is 0 Å². The van der Waals surface area contributed by atoms with Crippen molar-refractivity contribution in [3.63, 3.8) is 0 Å². The highest BCUT2D eigenvalue weighted by Gasteiger charge is 2.21. The van der Waals surface area contributed by atoms with E-state index in [9.17, 15) is 9.90 Å². The van der Waals surface area contributed by atoms with Gasteiger partial charge >= 0.3 is 5.97 Å². The Morgan fingerprint density at radius 2 is 1.89 bits per heavy atom. The molecule has 100 valence electrons. The Morgan fingerprint density at radius 1 is 1.22 bits per heavy atom. The van der Waals surface area contributed by atoms with E-state index in [0.717, 1.165) is 29.3 Å². The van der Waals surface area contributed by atoms with E-state index < -0.39 is 5.97 Å². The Bertz CT molecular complexity index is 377. The van der Waals surface area contributed by atoms with Crippen molar-refractivity contribution in [2.24, 2.45) is 0 Å². The fraction of sp³-hybridized carbons (Fsp3) is 0.533. The van der Waals surface area contributed by atoms with Crippen LogP contribution in [0.25, 0.3) is 0 Å². The SMILES string of the molecule is CCCCCCCC(C(=O)O)c1ccccc1Br. The number of unbranched alkanes of at least 4 members (excludes halogenated alkanes) is 4. The Labute approximate surface area is 118 Å². The maximum absolute atomic E-state index is 11.4. The van der Waals surface area contributed by atoms with Crippen LogP contribution in [0.15, 0.2) is 28.7 Å². The summed E-state index contributed by atoms with van der Waals surface area (Å²) in [7, 11) is 0. The van der Waals surface area contributed by atoms with E-state index in [2.05, 4.69) is 22.9 Å². The van der Waals surface area contributed by atoms with Gasteiger partial charge in [0.15, 0.2) is 0 Å². The summed E-state index contributed by atoms with van der Waals surface area (Å²) in [5, 5.41) is 9.33. The van der Waals surface area contributed by atoms with Crippen LogP contribution >= 0.6 is 15.9 Å². The van der Waals surface area contributed by atoms with Crippen LogP contribution in [0.1, 0.15) is 56.9 Å². The number of aliphatic carboxylic acids is 1. The molecule has 1 N–H and O–H groups in total. The van der Waals surface area contributed by atoms with E-state index in [0.29, 0.717) is 0 Å². The quantitative estimate of drug-likeness (QED) is 0.687. The fourth-order valence-corrected chi connectivity index (χ4v) is 2.68. The molecule has 0 radical (unpaired) electrons. The Balaban J connectivity index is 2.56. The zero-order valence-corrected chi connectivity index (χ0v) is 12.4. The molecule has 0 spiro atoms. The van der Waals surface area contributed by atoms with Gasteiger partial charge in [0.05, 0.1) is 5.92 Å². The number of carboxylic acid groups (broad SMARTS) is 1. The lowest BCUT2D eigenvalue weighted by Crippen LogP contribution is -2.12. The molecule has 1 aromatic rings. The first-order valence-electron chi connectivity index (χ1n) is 6.64. The lowest BCUT2D eigenvalue weighted by Gasteiger charge is -2.14. The molecule has 3 heteroatoms. The predicted octanol–water partition coefficient (Wildman–Crippen LogP) is 4.98. The minimum atomic E-state index is -0.725. The molecular formula is C15H21BrO2. The molecule has 0 aliphatic carbocycles. The number of benzene rings is 1. The van der Waals surface area contributed by atoms with Gasteiger partial charge in [-0.2, -0.15) is 0 Å². The normalized spacial score (nSPS) is 12.3. The third kappa shape index (κ3) is 4.81. The minimum absolute atomic E-state index is 0.387. The average molecular weight is 313 g/mol. The van der Waals surface area contributed by atoms with Crippen LogP contribution in [0.4, 0.5) is 0 Å². The van der Waals surface area contributed by atoms with Crippen molar-refractivity contribution in [3.05, 3.63) is 34.3 Å². The molecule has 1 atom stereocenters. The van der Waals surface area contributed by atoms with Gasteiger partial charge in [-0.25, -0.2) is 0 Å². The summed E-state index contributed by atoms with van der Waals surface area (Å²) in [6, 6.07) is 7.61. The van der Waals surface area contributed by atoms with Gasteiger partial charge in [0.25, 0.3) is 0 Å². The summed E-state index contributed by atoms with van der Waals surface area (Å²) >= 11 is 3.44. The first-order valence-corrected chi connectivity index (χ1v) is 7.43. The van der Waals surface area contributed by atoms with E-state index in [1.165, 1.54) is 19.3 Å². The maximum Gasteiger partial charge on any atom is 0.311 e. The van der Waals surface area contributed by atoms with E-state index in [1.807, 2.05) is 24.3 Å². The second-order valence-corrected chi connectivity index (χ2v) is 5.47. The monoisotopic (exact) mass is 312 g/mol. The molecule has 0 aromatic heterocycles. The third-order valence-electron chi connectivity index (χ3n) is 3.18. The van der Waals surface area contributed by atoms with Crippen molar-refractivity contribution in [2.75, 3.05) is 0 Å². The second-order valence-electron chi connectivity index (χ2n) is 4.62.